The van der Waals surface area contributed by atoms with E-state index in [0.29, 0.717) is 12.3 Å². The Labute approximate surface area is 152 Å². The molecule has 26 heavy (non-hydrogen) atoms. The first-order valence-corrected chi connectivity index (χ1v) is 10.2. The Bertz CT molecular complexity index is 893. The number of benzene rings is 2. The van der Waals surface area contributed by atoms with Gasteiger partial charge in [0.15, 0.2) is 9.84 Å². The van der Waals surface area contributed by atoms with Crippen molar-refractivity contribution in [3.05, 3.63) is 64.2 Å². The first-order valence-electron chi connectivity index (χ1n) is 8.28. The van der Waals surface area contributed by atoms with Crippen molar-refractivity contribution < 1.29 is 18.1 Å². The Morgan fingerprint density at radius 1 is 1.23 bits per heavy atom. The van der Waals surface area contributed by atoms with Crippen LogP contribution in [0, 0.1) is 10.1 Å². The Morgan fingerprint density at radius 2 is 1.96 bits per heavy atom. The minimum atomic E-state index is -3.69. The summed E-state index contributed by atoms with van der Waals surface area (Å²) >= 11 is 0. The molecule has 1 heterocycles. The van der Waals surface area contributed by atoms with Crippen molar-refractivity contribution in [2.24, 2.45) is 0 Å². The Balaban J connectivity index is 1.96. The number of ether oxygens (including phenoxy) is 1. The molecule has 1 saturated heterocycles. The lowest BCUT2D eigenvalue weighted by atomic mass is 9.99. The average Bonchev–Trinajstić information content (AvgIpc) is 3.13. The molecule has 2 aromatic carbocycles. The Morgan fingerprint density at radius 3 is 2.54 bits per heavy atom. The third-order valence-electron chi connectivity index (χ3n) is 4.37. The van der Waals surface area contributed by atoms with Gasteiger partial charge in [-0.2, -0.15) is 0 Å². The molecule has 0 spiro atoms. The fraction of sp³-hybridized carbons (Fsp3) is 0.333. The zero-order valence-corrected chi connectivity index (χ0v) is 15.1. The van der Waals surface area contributed by atoms with Crippen LogP contribution in [0.4, 0.5) is 11.4 Å². The molecule has 138 valence electrons. The molecule has 0 amide bonds. The van der Waals surface area contributed by atoms with E-state index in [1.165, 1.54) is 12.1 Å². The van der Waals surface area contributed by atoms with E-state index in [-0.39, 0.29) is 17.0 Å². The summed E-state index contributed by atoms with van der Waals surface area (Å²) < 4.78 is 29.4. The smallest absolute Gasteiger partial charge is 0.290 e. The van der Waals surface area contributed by atoms with Crippen molar-refractivity contribution in [3.8, 4) is 0 Å². The van der Waals surface area contributed by atoms with Crippen LogP contribution in [0.15, 0.2) is 53.4 Å². The third-order valence-corrected chi connectivity index (χ3v) is 5.52. The molecular weight excluding hydrogens is 356 g/mol. The van der Waals surface area contributed by atoms with Crippen LogP contribution in [-0.4, -0.2) is 32.3 Å². The van der Waals surface area contributed by atoms with E-state index in [0.717, 1.165) is 24.7 Å². The van der Waals surface area contributed by atoms with Crippen molar-refractivity contribution in [2.45, 2.75) is 29.9 Å². The summed E-state index contributed by atoms with van der Waals surface area (Å²) in [5.41, 5.74) is 1.05. The maximum atomic E-state index is 11.8. The molecule has 1 fully saturated rings. The molecule has 0 unspecified atom stereocenters. The van der Waals surface area contributed by atoms with E-state index < -0.39 is 20.4 Å². The van der Waals surface area contributed by atoms with E-state index in [1.807, 2.05) is 30.3 Å². The standard InChI is InChI=1S/C18H20N2O5S/c1-26(23,24)17-10-9-14(12-15(17)20(21)22)19-18(16-8-5-11-25-16)13-6-3-2-4-7-13/h2-4,6-7,9-10,12,16,18-19H,5,8,11H2,1H3/t16-,18-/m0/s1. The van der Waals surface area contributed by atoms with Gasteiger partial charge in [0, 0.05) is 24.6 Å². The minimum absolute atomic E-state index is 0.0500. The summed E-state index contributed by atoms with van der Waals surface area (Å²) in [6, 6.07) is 13.6. The highest BCUT2D eigenvalue weighted by atomic mass is 32.2. The van der Waals surface area contributed by atoms with Gasteiger partial charge in [0.25, 0.3) is 5.69 Å². The van der Waals surface area contributed by atoms with Crippen molar-refractivity contribution in [1.29, 1.82) is 0 Å². The van der Waals surface area contributed by atoms with Crippen molar-refractivity contribution >= 4 is 21.2 Å². The van der Waals surface area contributed by atoms with Gasteiger partial charge in [-0.15, -0.1) is 0 Å². The van der Waals surface area contributed by atoms with Gasteiger partial charge in [-0.25, -0.2) is 8.42 Å². The maximum absolute atomic E-state index is 11.8. The summed E-state index contributed by atoms with van der Waals surface area (Å²) in [5.74, 6) is 0. The number of anilines is 1. The van der Waals surface area contributed by atoms with Gasteiger partial charge in [0.05, 0.1) is 17.1 Å². The Hall–Kier alpha value is -2.45. The summed E-state index contributed by atoms with van der Waals surface area (Å²) in [4.78, 5) is 10.4. The highest BCUT2D eigenvalue weighted by Crippen LogP contribution is 2.33. The quantitative estimate of drug-likeness (QED) is 0.613. The largest absolute Gasteiger partial charge is 0.376 e. The average molecular weight is 376 g/mol. The fourth-order valence-electron chi connectivity index (χ4n) is 3.16. The van der Waals surface area contributed by atoms with Crippen molar-refractivity contribution in [1.82, 2.24) is 0 Å². The molecule has 2 aromatic rings. The molecule has 1 aliphatic rings. The molecule has 3 rings (SSSR count). The fourth-order valence-corrected chi connectivity index (χ4v) is 3.99. The summed E-state index contributed by atoms with van der Waals surface area (Å²) in [6.07, 6.45) is 2.76. The number of sulfone groups is 1. The van der Waals surface area contributed by atoms with Gasteiger partial charge in [-0.05, 0) is 30.5 Å². The molecule has 1 N–H and O–H groups in total. The predicted molar refractivity (Wildman–Crippen MR) is 98.0 cm³/mol. The van der Waals surface area contributed by atoms with E-state index in [4.69, 9.17) is 4.74 Å². The van der Waals surface area contributed by atoms with Gasteiger partial charge >= 0.3 is 0 Å². The highest BCUT2D eigenvalue weighted by molar-refractivity contribution is 7.90. The maximum Gasteiger partial charge on any atom is 0.290 e. The number of rotatable bonds is 6. The molecule has 7 nitrogen and oxygen atoms in total. The lowest BCUT2D eigenvalue weighted by molar-refractivity contribution is -0.387. The molecule has 0 aliphatic carbocycles. The summed E-state index contributed by atoms with van der Waals surface area (Å²) in [7, 11) is -3.69. The zero-order valence-electron chi connectivity index (χ0n) is 14.3. The van der Waals surface area contributed by atoms with Gasteiger partial charge in [0.2, 0.25) is 0 Å². The Kier molecular flexibility index (Phi) is 5.24. The molecule has 0 bridgehead atoms. The second-order valence-corrected chi connectivity index (χ2v) is 8.28. The number of hydrogen-bond acceptors (Lipinski definition) is 6. The highest BCUT2D eigenvalue weighted by Gasteiger charge is 2.29. The topological polar surface area (TPSA) is 98.5 Å². The molecular formula is C18H20N2O5S. The van der Waals surface area contributed by atoms with E-state index in [2.05, 4.69) is 5.32 Å². The van der Waals surface area contributed by atoms with Gasteiger partial charge in [-0.3, -0.25) is 10.1 Å². The van der Waals surface area contributed by atoms with Crippen LogP contribution in [0.2, 0.25) is 0 Å². The van der Waals surface area contributed by atoms with E-state index >= 15 is 0 Å². The van der Waals surface area contributed by atoms with Crippen LogP contribution in [0.25, 0.3) is 0 Å². The zero-order chi connectivity index (χ0) is 18.7. The van der Waals surface area contributed by atoms with Crippen LogP contribution in [0.3, 0.4) is 0 Å². The lowest BCUT2D eigenvalue weighted by Crippen LogP contribution is -2.25. The molecule has 8 heteroatoms. The van der Waals surface area contributed by atoms with Crippen molar-refractivity contribution in [2.75, 3.05) is 18.2 Å². The van der Waals surface area contributed by atoms with E-state index in [9.17, 15) is 18.5 Å². The number of nitrogens with zero attached hydrogens (tertiary/aromatic N) is 1. The number of nitro benzene ring substituents is 1. The van der Waals surface area contributed by atoms with Gasteiger partial charge < -0.3 is 10.1 Å². The first kappa shape index (κ1) is 18.3. The molecule has 1 aliphatic heterocycles. The summed E-state index contributed by atoms with van der Waals surface area (Å²) in [6.45, 7) is 0.683. The monoisotopic (exact) mass is 376 g/mol. The van der Waals surface area contributed by atoms with Gasteiger partial charge in [0.1, 0.15) is 4.90 Å². The second-order valence-electron chi connectivity index (χ2n) is 6.30. The SMILES string of the molecule is CS(=O)(=O)c1ccc(N[C@@H](c2ccccc2)[C@@H]2CCCO2)cc1[N+](=O)[O-]. The van der Waals surface area contributed by atoms with Crippen molar-refractivity contribution in [3.63, 3.8) is 0 Å². The first-order chi connectivity index (χ1) is 12.4. The van der Waals surface area contributed by atoms with Gasteiger partial charge in [-0.1, -0.05) is 30.3 Å². The van der Waals surface area contributed by atoms with Crippen LogP contribution in [0.1, 0.15) is 24.4 Å². The normalized spacial score (nSPS) is 18.4. The van der Waals surface area contributed by atoms with Crippen LogP contribution < -0.4 is 5.32 Å². The molecule has 2 atom stereocenters. The third kappa shape index (κ3) is 4.03. The van der Waals surface area contributed by atoms with E-state index in [1.54, 1.807) is 6.07 Å². The predicted octanol–water partition coefficient (Wildman–Crippen LogP) is 3.33. The minimum Gasteiger partial charge on any atom is -0.376 e. The van der Waals surface area contributed by atoms with Crippen LogP contribution in [-0.2, 0) is 14.6 Å². The number of nitrogens with one attached hydrogen (secondary N) is 1. The van der Waals surface area contributed by atoms with Crippen LogP contribution in [0.5, 0.6) is 0 Å². The second kappa shape index (κ2) is 7.43. The summed E-state index contributed by atoms with van der Waals surface area (Å²) in [5, 5.41) is 14.6. The molecule has 0 saturated carbocycles. The lowest BCUT2D eigenvalue weighted by Gasteiger charge is -2.26. The van der Waals surface area contributed by atoms with Crippen LogP contribution >= 0.6 is 0 Å². The number of hydrogen-bond donors (Lipinski definition) is 1. The molecule has 0 radical (unpaired) electrons. The molecule has 0 aromatic heterocycles. The number of nitro groups is 1.